The smallest absolute Gasteiger partial charge is 0.243 e. The van der Waals surface area contributed by atoms with Crippen LogP contribution >= 0.6 is 12.4 Å². The van der Waals surface area contributed by atoms with E-state index >= 15 is 0 Å². The molecule has 0 bridgehead atoms. The van der Waals surface area contributed by atoms with Crippen molar-refractivity contribution in [2.24, 2.45) is 11.7 Å². The zero-order valence-corrected chi connectivity index (χ0v) is 16.4. The standard InChI is InChI=1S/C20H21N3O2S.ClH/c21-12-17-13-23(14-19(17)15-5-2-1-3-6-15)26(24,25)18-8-9-20-16(11-18)7-4-10-22-20;/h1-11,17,19H,12-14,21H2;1H/t17-,19+;/m1./s1. The molecule has 0 amide bonds. The predicted molar refractivity (Wildman–Crippen MR) is 109 cm³/mol. The molecule has 0 radical (unpaired) electrons. The summed E-state index contributed by atoms with van der Waals surface area (Å²) in [4.78, 5) is 4.56. The van der Waals surface area contributed by atoms with Crippen LogP contribution in [0.15, 0.2) is 71.8 Å². The lowest BCUT2D eigenvalue weighted by Crippen LogP contribution is -2.30. The second-order valence-electron chi connectivity index (χ2n) is 6.69. The van der Waals surface area contributed by atoms with Gasteiger partial charge in [0.25, 0.3) is 0 Å². The van der Waals surface area contributed by atoms with E-state index < -0.39 is 10.0 Å². The van der Waals surface area contributed by atoms with Crippen LogP contribution in [-0.4, -0.2) is 37.3 Å². The second kappa shape index (κ2) is 7.94. The molecule has 1 aliphatic heterocycles. The normalized spacial score (nSPS) is 20.5. The van der Waals surface area contributed by atoms with Crippen molar-refractivity contribution >= 4 is 33.3 Å². The molecule has 2 N–H and O–H groups in total. The van der Waals surface area contributed by atoms with E-state index in [1.807, 2.05) is 42.5 Å². The Morgan fingerprint density at radius 1 is 1.04 bits per heavy atom. The van der Waals surface area contributed by atoms with Gasteiger partial charge in [-0.1, -0.05) is 36.4 Å². The summed E-state index contributed by atoms with van der Waals surface area (Å²) in [5, 5.41) is 0.822. The summed E-state index contributed by atoms with van der Waals surface area (Å²) in [5.41, 5.74) is 7.88. The van der Waals surface area contributed by atoms with E-state index in [0.29, 0.717) is 24.5 Å². The van der Waals surface area contributed by atoms with Crippen molar-refractivity contribution in [3.63, 3.8) is 0 Å². The summed E-state index contributed by atoms with van der Waals surface area (Å²) in [6.45, 7) is 1.37. The maximum Gasteiger partial charge on any atom is 0.243 e. The maximum atomic E-state index is 13.2. The quantitative estimate of drug-likeness (QED) is 0.726. The van der Waals surface area contributed by atoms with Gasteiger partial charge in [-0.25, -0.2) is 8.42 Å². The van der Waals surface area contributed by atoms with Crippen LogP contribution in [-0.2, 0) is 10.0 Å². The number of aromatic nitrogens is 1. The van der Waals surface area contributed by atoms with Crippen LogP contribution in [0.4, 0.5) is 0 Å². The van der Waals surface area contributed by atoms with Crippen molar-refractivity contribution in [1.29, 1.82) is 0 Å². The summed E-state index contributed by atoms with van der Waals surface area (Å²) in [5.74, 6) is 0.243. The molecular weight excluding hydrogens is 382 g/mol. The topological polar surface area (TPSA) is 76.3 Å². The predicted octanol–water partition coefficient (Wildman–Crippen LogP) is 3.02. The molecule has 2 atom stereocenters. The monoisotopic (exact) mass is 403 g/mol. The highest BCUT2D eigenvalue weighted by Gasteiger charge is 2.39. The van der Waals surface area contributed by atoms with Gasteiger partial charge in [-0.3, -0.25) is 4.98 Å². The Labute approximate surface area is 165 Å². The average Bonchev–Trinajstić information content (AvgIpc) is 3.13. The Morgan fingerprint density at radius 2 is 1.81 bits per heavy atom. The van der Waals surface area contributed by atoms with E-state index in [9.17, 15) is 8.42 Å². The molecule has 0 unspecified atom stereocenters. The Bertz CT molecular complexity index is 1030. The number of nitrogens with zero attached hydrogens (tertiary/aromatic N) is 2. The van der Waals surface area contributed by atoms with Crippen molar-refractivity contribution in [3.8, 4) is 0 Å². The van der Waals surface area contributed by atoms with E-state index in [-0.39, 0.29) is 24.2 Å². The third-order valence-corrected chi connectivity index (χ3v) is 6.98. The first-order valence-corrected chi connectivity index (χ1v) is 10.1. The number of benzene rings is 2. The van der Waals surface area contributed by atoms with Crippen molar-refractivity contribution < 1.29 is 8.42 Å². The number of nitrogens with two attached hydrogens (primary N) is 1. The first-order valence-electron chi connectivity index (χ1n) is 8.69. The molecule has 0 saturated carbocycles. The van der Waals surface area contributed by atoms with E-state index in [4.69, 9.17) is 5.73 Å². The van der Waals surface area contributed by atoms with Crippen LogP contribution in [0.25, 0.3) is 10.9 Å². The molecule has 2 heterocycles. The van der Waals surface area contributed by atoms with Gasteiger partial charge >= 0.3 is 0 Å². The zero-order chi connectivity index (χ0) is 18.1. The van der Waals surface area contributed by atoms with Gasteiger partial charge < -0.3 is 5.73 Å². The van der Waals surface area contributed by atoms with E-state index in [1.54, 1.807) is 28.7 Å². The molecule has 7 heteroatoms. The number of hydrogen-bond donors (Lipinski definition) is 1. The van der Waals surface area contributed by atoms with Crippen molar-refractivity contribution in [1.82, 2.24) is 9.29 Å². The molecule has 5 nitrogen and oxygen atoms in total. The molecule has 3 aromatic rings. The number of rotatable bonds is 4. The zero-order valence-electron chi connectivity index (χ0n) is 14.7. The lowest BCUT2D eigenvalue weighted by molar-refractivity contribution is 0.459. The molecule has 4 rings (SSSR count). The first kappa shape index (κ1) is 19.8. The highest BCUT2D eigenvalue weighted by molar-refractivity contribution is 7.89. The van der Waals surface area contributed by atoms with E-state index in [1.165, 1.54) is 0 Å². The summed E-state index contributed by atoms with van der Waals surface area (Å²) in [6.07, 6.45) is 1.70. The van der Waals surface area contributed by atoms with Crippen LogP contribution in [0, 0.1) is 5.92 Å². The Morgan fingerprint density at radius 3 is 2.56 bits per heavy atom. The summed E-state index contributed by atoms with van der Waals surface area (Å²) in [6, 6.07) is 18.8. The van der Waals surface area contributed by atoms with Gasteiger partial charge in [0.1, 0.15) is 0 Å². The van der Waals surface area contributed by atoms with Gasteiger partial charge in [0, 0.05) is 30.6 Å². The fourth-order valence-electron chi connectivity index (χ4n) is 3.71. The Balaban J connectivity index is 0.00000210. The van der Waals surface area contributed by atoms with Gasteiger partial charge in [-0.05, 0) is 42.3 Å². The fourth-order valence-corrected chi connectivity index (χ4v) is 5.27. The van der Waals surface area contributed by atoms with Crippen LogP contribution in [0.2, 0.25) is 0 Å². The maximum absolute atomic E-state index is 13.2. The SMILES string of the molecule is Cl.NC[C@@H]1CN(S(=O)(=O)c2ccc3ncccc3c2)C[C@H]1c1ccccc1. The third kappa shape index (κ3) is 3.71. The fraction of sp³-hybridized carbons (Fsp3) is 0.250. The number of hydrogen-bond acceptors (Lipinski definition) is 4. The second-order valence-corrected chi connectivity index (χ2v) is 8.63. The van der Waals surface area contributed by atoms with Crippen LogP contribution < -0.4 is 5.73 Å². The highest BCUT2D eigenvalue weighted by atomic mass is 35.5. The minimum Gasteiger partial charge on any atom is -0.330 e. The van der Waals surface area contributed by atoms with E-state index in [2.05, 4.69) is 4.98 Å². The molecule has 1 fully saturated rings. The minimum absolute atomic E-state index is 0. The molecule has 1 aromatic heterocycles. The van der Waals surface area contributed by atoms with Gasteiger partial charge in [0.2, 0.25) is 10.0 Å². The van der Waals surface area contributed by atoms with Crippen molar-refractivity contribution in [2.75, 3.05) is 19.6 Å². The van der Waals surface area contributed by atoms with Gasteiger partial charge in [0.05, 0.1) is 10.4 Å². The molecule has 1 saturated heterocycles. The number of pyridine rings is 1. The van der Waals surface area contributed by atoms with Crippen LogP contribution in [0.5, 0.6) is 0 Å². The third-order valence-electron chi connectivity index (χ3n) is 5.15. The van der Waals surface area contributed by atoms with Crippen LogP contribution in [0.1, 0.15) is 11.5 Å². The molecule has 27 heavy (non-hydrogen) atoms. The van der Waals surface area contributed by atoms with E-state index in [0.717, 1.165) is 16.5 Å². The summed E-state index contributed by atoms with van der Waals surface area (Å²) in [7, 11) is -3.56. The lowest BCUT2D eigenvalue weighted by Gasteiger charge is -2.17. The largest absolute Gasteiger partial charge is 0.330 e. The van der Waals surface area contributed by atoms with Gasteiger partial charge in [-0.15, -0.1) is 12.4 Å². The molecule has 0 spiro atoms. The number of sulfonamides is 1. The lowest BCUT2D eigenvalue weighted by atomic mass is 9.89. The molecule has 2 aromatic carbocycles. The summed E-state index contributed by atoms with van der Waals surface area (Å²) < 4.78 is 27.9. The Kier molecular flexibility index (Phi) is 5.81. The van der Waals surface area contributed by atoms with Crippen molar-refractivity contribution in [2.45, 2.75) is 10.8 Å². The van der Waals surface area contributed by atoms with Crippen molar-refractivity contribution in [3.05, 3.63) is 72.4 Å². The molecule has 142 valence electrons. The Hall–Kier alpha value is -1.99. The highest BCUT2D eigenvalue weighted by Crippen LogP contribution is 2.35. The first-order chi connectivity index (χ1) is 12.6. The van der Waals surface area contributed by atoms with Crippen LogP contribution in [0.3, 0.4) is 0 Å². The van der Waals surface area contributed by atoms with Gasteiger partial charge in [0.15, 0.2) is 0 Å². The average molecular weight is 404 g/mol. The molecule has 0 aliphatic carbocycles. The number of fused-ring (bicyclic) bond motifs is 1. The summed E-state index contributed by atoms with van der Waals surface area (Å²) >= 11 is 0. The molecular formula is C20H22ClN3O2S. The minimum atomic E-state index is -3.56. The molecule has 1 aliphatic rings. The van der Waals surface area contributed by atoms with Gasteiger partial charge in [-0.2, -0.15) is 4.31 Å². The number of halogens is 1.